The van der Waals surface area contributed by atoms with E-state index >= 15 is 0 Å². The SMILES string of the molecule is CCOC(=O)c1nc(N2CCc3c(OCCNC(=O)OC(C)(C)C)ccc(C(=O)Nc4nc5ccccc5s4)c3C2)ccc1-c1cnn(CC2CCCCC2)c1C. The number of hydrogen-bond acceptors (Lipinski definition) is 11. The third kappa shape index (κ3) is 9.39. The smallest absolute Gasteiger partial charge is 0.407 e. The number of alkyl carbamates (subject to hydrolysis) is 1. The molecule has 7 rings (SSSR count). The number of amides is 2. The normalized spacial score (nSPS) is 14.6. The van der Waals surface area contributed by atoms with E-state index in [-0.39, 0.29) is 31.4 Å². The van der Waals surface area contributed by atoms with Crippen molar-refractivity contribution in [3.63, 3.8) is 0 Å². The second kappa shape index (κ2) is 17.3. The zero-order valence-corrected chi connectivity index (χ0v) is 34.2. The van der Waals surface area contributed by atoms with Crippen molar-refractivity contribution in [2.75, 3.05) is 36.5 Å². The number of fused-ring (bicyclic) bond motifs is 2. The molecule has 57 heavy (non-hydrogen) atoms. The first kappa shape index (κ1) is 39.7. The van der Waals surface area contributed by atoms with Crippen LogP contribution in [-0.2, 0) is 29.0 Å². The van der Waals surface area contributed by atoms with E-state index in [9.17, 15) is 14.4 Å². The molecule has 1 aliphatic heterocycles. The van der Waals surface area contributed by atoms with Crippen molar-refractivity contribution in [3.05, 3.63) is 82.8 Å². The number of benzene rings is 2. The molecule has 0 saturated heterocycles. The van der Waals surface area contributed by atoms with Crippen LogP contribution >= 0.6 is 11.3 Å². The average molecular weight is 794 g/mol. The lowest BCUT2D eigenvalue weighted by molar-refractivity contribution is 0.0510. The minimum absolute atomic E-state index is 0.204. The van der Waals surface area contributed by atoms with Crippen molar-refractivity contribution in [1.29, 1.82) is 0 Å². The summed E-state index contributed by atoms with van der Waals surface area (Å²) in [5.41, 5.74) is 5.10. The van der Waals surface area contributed by atoms with Gasteiger partial charge in [0.25, 0.3) is 5.91 Å². The lowest BCUT2D eigenvalue weighted by Gasteiger charge is -2.32. The molecule has 2 amide bonds. The van der Waals surface area contributed by atoms with Crippen molar-refractivity contribution >= 4 is 50.5 Å². The highest BCUT2D eigenvalue weighted by Gasteiger charge is 2.29. The summed E-state index contributed by atoms with van der Waals surface area (Å²) in [6.45, 7) is 11.7. The van der Waals surface area contributed by atoms with Crippen molar-refractivity contribution in [1.82, 2.24) is 25.1 Å². The molecule has 2 N–H and O–H groups in total. The molecular formula is C43H51N7O6S. The number of para-hydroxylation sites is 1. The number of anilines is 2. The van der Waals surface area contributed by atoms with Gasteiger partial charge in [-0.15, -0.1) is 0 Å². The lowest BCUT2D eigenvalue weighted by atomic mass is 9.89. The summed E-state index contributed by atoms with van der Waals surface area (Å²) in [7, 11) is 0. The zero-order chi connectivity index (χ0) is 40.1. The minimum Gasteiger partial charge on any atom is -0.491 e. The third-order valence-corrected chi connectivity index (χ3v) is 11.3. The average Bonchev–Trinajstić information content (AvgIpc) is 3.77. The molecule has 1 fully saturated rings. The fourth-order valence-corrected chi connectivity index (χ4v) is 8.47. The molecule has 14 heteroatoms. The van der Waals surface area contributed by atoms with Gasteiger partial charge >= 0.3 is 12.1 Å². The van der Waals surface area contributed by atoms with Gasteiger partial charge in [0.1, 0.15) is 23.8 Å². The molecule has 2 aromatic carbocycles. The molecule has 2 aliphatic rings. The van der Waals surface area contributed by atoms with E-state index in [1.807, 2.05) is 70.3 Å². The number of carbonyl (C=O) groups is 3. The highest BCUT2D eigenvalue weighted by Crippen LogP contribution is 2.36. The number of hydrogen-bond donors (Lipinski definition) is 2. The maximum absolute atomic E-state index is 14.0. The number of nitrogens with one attached hydrogen (secondary N) is 2. The van der Waals surface area contributed by atoms with E-state index < -0.39 is 17.7 Å². The highest BCUT2D eigenvalue weighted by atomic mass is 32.1. The summed E-state index contributed by atoms with van der Waals surface area (Å²) in [5, 5.41) is 11.0. The molecule has 0 unspecified atom stereocenters. The molecule has 300 valence electrons. The van der Waals surface area contributed by atoms with Crippen LogP contribution in [0.3, 0.4) is 0 Å². The van der Waals surface area contributed by atoms with E-state index in [0.717, 1.165) is 39.1 Å². The highest BCUT2D eigenvalue weighted by molar-refractivity contribution is 7.22. The van der Waals surface area contributed by atoms with Gasteiger partial charge in [-0.1, -0.05) is 42.7 Å². The van der Waals surface area contributed by atoms with Gasteiger partial charge in [-0.05, 0) is 102 Å². The van der Waals surface area contributed by atoms with Crippen LogP contribution in [0, 0.1) is 12.8 Å². The Kier molecular flexibility index (Phi) is 12.1. The number of thiazole rings is 1. The number of pyridine rings is 1. The zero-order valence-electron chi connectivity index (χ0n) is 33.4. The summed E-state index contributed by atoms with van der Waals surface area (Å²) < 4.78 is 20.1. The number of esters is 1. The van der Waals surface area contributed by atoms with Crippen molar-refractivity contribution in [2.24, 2.45) is 5.92 Å². The second-order valence-electron chi connectivity index (χ2n) is 15.6. The Morgan fingerprint density at radius 2 is 1.77 bits per heavy atom. The van der Waals surface area contributed by atoms with Crippen molar-refractivity contribution in [2.45, 2.75) is 91.8 Å². The monoisotopic (exact) mass is 793 g/mol. The van der Waals surface area contributed by atoms with Crippen LogP contribution in [0.5, 0.6) is 5.75 Å². The van der Waals surface area contributed by atoms with Gasteiger partial charge in [0, 0.05) is 47.6 Å². The summed E-state index contributed by atoms with van der Waals surface area (Å²) in [6.07, 6.45) is 8.08. The van der Waals surface area contributed by atoms with E-state index in [0.29, 0.717) is 53.3 Å². The molecule has 5 aromatic rings. The van der Waals surface area contributed by atoms with Crippen LogP contribution in [0.25, 0.3) is 21.3 Å². The predicted octanol–water partition coefficient (Wildman–Crippen LogP) is 8.34. The van der Waals surface area contributed by atoms with Gasteiger partial charge in [0.2, 0.25) is 0 Å². The Balaban J connectivity index is 1.16. The van der Waals surface area contributed by atoms with E-state index in [2.05, 4.69) is 25.2 Å². The van der Waals surface area contributed by atoms with Crippen molar-refractivity contribution < 1.29 is 28.6 Å². The van der Waals surface area contributed by atoms with Crippen LogP contribution in [-0.4, -0.2) is 69.6 Å². The summed E-state index contributed by atoms with van der Waals surface area (Å²) in [5.74, 6) is 1.03. The van der Waals surface area contributed by atoms with Gasteiger partial charge in [0.15, 0.2) is 10.8 Å². The molecule has 0 bridgehead atoms. The van der Waals surface area contributed by atoms with E-state index in [4.69, 9.17) is 24.3 Å². The number of aromatic nitrogens is 4. The van der Waals surface area contributed by atoms with E-state index in [1.165, 1.54) is 43.4 Å². The molecule has 13 nitrogen and oxygen atoms in total. The molecule has 0 atom stereocenters. The largest absolute Gasteiger partial charge is 0.491 e. The number of rotatable bonds is 12. The standard InChI is InChI=1S/C43H51N7O6S/c1-6-54-40(52)38-30(32-24-45-50(27(32)2)25-28-12-8-7-9-13-28)17-19-37(47-38)49-22-20-29-33(26-49)31(39(51)48-41-46-34-14-10-11-15-36(34)57-41)16-18-35(29)55-23-21-44-42(53)56-43(3,4)5/h10-11,14-19,24,28H,6-9,12-13,20-23,25-26H2,1-5H3,(H,44,53)(H,46,48,51). The Morgan fingerprint density at radius 3 is 2.54 bits per heavy atom. The van der Waals surface area contributed by atoms with Crippen LogP contribution in [0.4, 0.5) is 15.7 Å². The number of ether oxygens (including phenoxy) is 3. The second-order valence-corrected chi connectivity index (χ2v) is 16.6. The fourth-order valence-electron chi connectivity index (χ4n) is 7.61. The number of carbonyl (C=O) groups excluding carboxylic acids is 3. The Hall–Kier alpha value is -5.50. The van der Waals surface area contributed by atoms with Gasteiger partial charge in [0.05, 0.1) is 29.6 Å². The first-order valence-electron chi connectivity index (χ1n) is 19.8. The lowest BCUT2D eigenvalue weighted by Crippen LogP contribution is -2.35. The van der Waals surface area contributed by atoms with Gasteiger partial charge < -0.3 is 24.4 Å². The van der Waals surface area contributed by atoms with Crippen LogP contribution in [0.15, 0.2) is 54.7 Å². The quantitative estimate of drug-likeness (QED) is 0.0933. The first-order chi connectivity index (χ1) is 27.5. The molecule has 0 spiro atoms. The predicted molar refractivity (Wildman–Crippen MR) is 221 cm³/mol. The Bertz CT molecular complexity index is 2220. The summed E-state index contributed by atoms with van der Waals surface area (Å²) in [4.78, 5) is 51.4. The van der Waals surface area contributed by atoms with Gasteiger partial charge in [-0.3, -0.25) is 14.8 Å². The van der Waals surface area contributed by atoms with Crippen molar-refractivity contribution in [3.8, 4) is 16.9 Å². The maximum Gasteiger partial charge on any atom is 0.407 e. The van der Waals surface area contributed by atoms with Crippen LogP contribution < -0.4 is 20.3 Å². The summed E-state index contributed by atoms with van der Waals surface area (Å²) in [6, 6.07) is 15.2. The molecule has 4 heterocycles. The molecular weight excluding hydrogens is 743 g/mol. The summed E-state index contributed by atoms with van der Waals surface area (Å²) >= 11 is 1.41. The maximum atomic E-state index is 14.0. The van der Waals surface area contributed by atoms with Gasteiger partial charge in [-0.25, -0.2) is 19.6 Å². The topological polar surface area (TPSA) is 150 Å². The Labute approximate surface area is 337 Å². The third-order valence-electron chi connectivity index (χ3n) is 10.4. The molecule has 1 saturated carbocycles. The van der Waals surface area contributed by atoms with Crippen LogP contribution in [0.1, 0.15) is 97.5 Å². The number of nitrogens with zero attached hydrogens (tertiary/aromatic N) is 5. The molecule has 0 radical (unpaired) electrons. The van der Waals surface area contributed by atoms with E-state index in [1.54, 1.807) is 19.1 Å². The molecule has 3 aromatic heterocycles. The van der Waals surface area contributed by atoms with Crippen LogP contribution in [0.2, 0.25) is 0 Å². The van der Waals surface area contributed by atoms with Gasteiger partial charge in [-0.2, -0.15) is 5.10 Å². The fraction of sp³-hybridized carbons (Fsp3) is 0.442. The Morgan fingerprint density at radius 1 is 0.965 bits per heavy atom. The molecule has 1 aliphatic carbocycles. The first-order valence-corrected chi connectivity index (χ1v) is 20.7. The minimum atomic E-state index is -0.611.